The molecule has 0 bridgehead atoms. The second-order valence-corrected chi connectivity index (χ2v) is 8.85. The average Bonchev–Trinajstić information content (AvgIpc) is 2.34. The molecule has 4 nitrogen and oxygen atoms in total. The summed E-state index contributed by atoms with van der Waals surface area (Å²) in [5, 5.41) is 0. The molecular weight excluding hydrogens is 272 g/mol. The third-order valence-corrected chi connectivity index (χ3v) is 6.10. The van der Waals surface area contributed by atoms with E-state index in [0.29, 0.717) is 18.6 Å². The third kappa shape index (κ3) is 4.43. The molecule has 1 unspecified atom stereocenters. The minimum Gasteiger partial charge on any atom is -0.297 e. The summed E-state index contributed by atoms with van der Waals surface area (Å²) >= 11 is 0. The van der Waals surface area contributed by atoms with E-state index in [0.717, 1.165) is 19.4 Å². The molecular formula is C15H32N2O2S. The van der Waals surface area contributed by atoms with Gasteiger partial charge in [-0.15, -0.1) is 0 Å². The summed E-state index contributed by atoms with van der Waals surface area (Å²) in [4.78, 5) is 2.47. The maximum atomic E-state index is 12.2. The fraction of sp³-hybridized carbons (Fsp3) is 1.00. The van der Waals surface area contributed by atoms with Crippen LogP contribution in [0, 0.1) is 0 Å². The highest BCUT2D eigenvalue weighted by Crippen LogP contribution is 2.27. The number of piperidine rings is 1. The van der Waals surface area contributed by atoms with Crippen molar-refractivity contribution in [2.24, 2.45) is 0 Å². The highest BCUT2D eigenvalue weighted by Gasteiger charge is 2.36. The molecule has 1 saturated heterocycles. The standard InChI is InChI=1S/C15H32N2O2S/c1-7-15(4,5)17(20(6,18)19)12-14-10-8-9-11-16(14)13(2)3/h13-14H,7-12H2,1-6H3. The topological polar surface area (TPSA) is 40.6 Å². The van der Waals surface area contributed by atoms with Crippen LogP contribution in [0.4, 0.5) is 0 Å². The molecule has 5 heteroatoms. The zero-order valence-electron chi connectivity index (χ0n) is 14.0. The van der Waals surface area contributed by atoms with Crippen LogP contribution in [-0.4, -0.2) is 54.6 Å². The summed E-state index contributed by atoms with van der Waals surface area (Å²) in [6.45, 7) is 12.2. The molecule has 1 aliphatic rings. The second-order valence-electron chi connectivity index (χ2n) is 6.94. The number of sulfonamides is 1. The Labute approximate surface area is 125 Å². The number of likely N-dealkylation sites (tertiary alicyclic amines) is 1. The fourth-order valence-corrected chi connectivity index (χ4v) is 4.57. The maximum absolute atomic E-state index is 12.2. The Morgan fingerprint density at radius 2 is 1.90 bits per heavy atom. The lowest BCUT2D eigenvalue weighted by Crippen LogP contribution is -2.55. The van der Waals surface area contributed by atoms with Crippen LogP contribution >= 0.6 is 0 Å². The number of hydrogen-bond donors (Lipinski definition) is 0. The average molecular weight is 304 g/mol. The number of nitrogens with zero attached hydrogens (tertiary/aromatic N) is 2. The van der Waals surface area contributed by atoms with Crippen LogP contribution < -0.4 is 0 Å². The van der Waals surface area contributed by atoms with E-state index in [9.17, 15) is 8.42 Å². The van der Waals surface area contributed by atoms with Gasteiger partial charge in [0.25, 0.3) is 0 Å². The molecule has 20 heavy (non-hydrogen) atoms. The van der Waals surface area contributed by atoms with E-state index in [1.54, 1.807) is 4.31 Å². The zero-order valence-corrected chi connectivity index (χ0v) is 14.8. The van der Waals surface area contributed by atoms with Gasteiger partial charge in [-0.1, -0.05) is 13.3 Å². The molecule has 0 radical (unpaired) electrons. The van der Waals surface area contributed by atoms with Gasteiger partial charge >= 0.3 is 0 Å². The SMILES string of the molecule is CCC(C)(C)N(CC1CCCCN1C(C)C)S(C)(=O)=O. The Kier molecular flexibility index (Phi) is 6.05. The van der Waals surface area contributed by atoms with Gasteiger partial charge < -0.3 is 0 Å². The van der Waals surface area contributed by atoms with Gasteiger partial charge in [0.05, 0.1) is 6.26 Å². The highest BCUT2D eigenvalue weighted by molar-refractivity contribution is 7.88. The molecule has 1 atom stereocenters. The van der Waals surface area contributed by atoms with E-state index in [4.69, 9.17) is 0 Å². The van der Waals surface area contributed by atoms with E-state index >= 15 is 0 Å². The summed E-state index contributed by atoms with van der Waals surface area (Å²) < 4.78 is 26.1. The van der Waals surface area contributed by atoms with Gasteiger partial charge in [-0.3, -0.25) is 4.90 Å². The van der Waals surface area contributed by atoms with E-state index in [2.05, 4.69) is 25.7 Å². The largest absolute Gasteiger partial charge is 0.297 e. The molecule has 0 N–H and O–H groups in total. The molecule has 0 aromatic rings. The smallest absolute Gasteiger partial charge is 0.211 e. The molecule has 1 aliphatic heterocycles. The summed E-state index contributed by atoms with van der Waals surface area (Å²) in [5.41, 5.74) is -0.312. The van der Waals surface area contributed by atoms with Gasteiger partial charge in [0.2, 0.25) is 10.0 Å². The summed E-state index contributed by atoms with van der Waals surface area (Å²) in [6.07, 6.45) is 5.70. The fourth-order valence-electron chi connectivity index (χ4n) is 3.10. The molecule has 0 aromatic carbocycles. The first kappa shape index (κ1) is 17.9. The molecule has 1 fully saturated rings. The van der Waals surface area contributed by atoms with E-state index < -0.39 is 10.0 Å². The van der Waals surface area contributed by atoms with Crippen molar-refractivity contribution in [2.75, 3.05) is 19.3 Å². The lowest BCUT2D eigenvalue weighted by atomic mass is 9.97. The molecule has 1 heterocycles. The van der Waals surface area contributed by atoms with E-state index in [1.165, 1.54) is 19.1 Å². The van der Waals surface area contributed by atoms with Crippen LogP contribution in [0.25, 0.3) is 0 Å². The van der Waals surface area contributed by atoms with Gasteiger partial charge in [-0.05, 0) is 53.5 Å². The molecule has 0 amide bonds. The van der Waals surface area contributed by atoms with Crippen LogP contribution in [0.1, 0.15) is 60.3 Å². The predicted octanol–water partition coefficient (Wildman–Crippen LogP) is 2.70. The first-order valence-electron chi connectivity index (χ1n) is 7.83. The van der Waals surface area contributed by atoms with Crippen LogP contribution in [-0.2, 0) is 10.0 Å². The van der Waals surface area contributed by atoms with Crippen LogP contribution in [0.3, 0.4) is 0 Å². The van der Waals surface area contributed by atoms with Crippen molar-refractivity contribution in [1.29, 1.82) is 0 Å². The molecule has 0 saturated carbocycles. The van der Waals surface area contributed by atoms with Gasteiger partial charge in [0, 0.05) is 24.2 Å². The Bertz CT molecular complexity index is 404. The maximum Gasteiger partial charge on any atom is 0.211 e. The van der Waals surface area contributed by atoms with Gasteiger partial charge in [0.15, 0.2) is 0 Å². The lowest BCUT2D eigenvalue weighted by molar-refractivity contribution is 0.0763. The summed E-state index contributed by atoms with van der Waals surface area (Å²) in [7, 11) is -3.18. The predicted molar refractivity (Wildman–Crippen MR) is 85.4 cm³/mol. The van der Waals surface area contributed by atoms with Crippen LogP contribution in [0.15, 0.2) is 0 Å². The first-order chi connectivity index (χ1) is 9.09. The van der Waals surface area contributed by atoms with Gasteiger partial charge in [0.1, 0.15) is 0 Å². The normalized spacial score (nSPS) is 22.7. The minimum atomic E-state index is -3.18. The first-order valence-corrected chi connectivity index (χ1v) is 9.68. The summed E-state index contributed by atoms with van der Waals surface area (Å²) in [5.74, 6) is 0. The number of hydrogen-bond acceptors (Lipinski definition) is 3. The summed E-state index contributed by atoms with van der Waals surface area (Å²) in [6, 6.07) is 0.829. The third-order valence-electron chi connectivity index (χ3n) is 4.65. The van der Waals surface area contributed by atoms with E-state index in [-0.39, 0.29) is 5.54 Å². The molecule has 1 rings (SSSR count). The molecule has 0 aromatic heterocycles. The van der Waals surface area contributed by atoms with Crippen molar-refractivity contribution in [2.45, 2.75) is 77.9 Å². The minimum absolute atomic E-state index is 0.312. The molecule has 120 valence electrons. The second kappa shape index (κ2) is 6.75. The Balaban J connectivity index is 2.94. The Morgan fingerprint density at radius 3 is 2.35 bits per heavy atom. The Morgan fingerprint density at radius 1 is 1.30 bits per heavy atom. The Hall–Kier alpha value is -0.130. The zero-order chi connectivity index (χ0) is 15.6. The van der Waals surface area contributed by atoms with E-state index in [1.807, 2.05) is 13.8 Å². The van der Waals surface area contributed by atoms with Gasteiger partial charge in [-0.2, -0.15) is 4.31 Å². The number of rotatable bonds is 6. The van der Waals surface area contributed by atoms with Crippen molar-refractivity contribution in [3.8, 4) is 0 Å². The monoisotopic (exact) mass is 304 g/mol. The van der Waals surface area contributed by atoms with Crippen molar-refractivity contribution in [3.63, 3.8) is 0 Å². The highest BCUT2D eigenvalue weighted by atomic mass is 32.2. The quantitative estimate of drug-likeness (QED) is 0.757. The van der Waals surface area contributed by atoms with Crippen LogP contribution in [0.5, 0.6) is 0 Å². The molecule has 0 aliphatic carbocycles. The van der Waals surface area contributed by atoms with Crippen molar-refractivity contribution >= 4 is 10.0 Å². The van der Waals surface area contributed by atoms with Crippen molar-refractivity contribution < 1.29 is 8.42 Å². The van der Waals surface area contributed by atoms with Gasteiger partial charge in [-0.25, -0.2) is 8.42 Å². The lowest BCUT2D eigenvalue weighted by Gasteiger charge is -2.44. The van der Waals surface area contributed by atoms with Crippen molar-refractivity contribution in [3.05, 3.63) is 0 Å². The molecule has 0 spiro atoms. The van der Waals surface area contributed by atoms with Crippen LogP contribution in [0.2, 0.25) is 0 Å². The van der Waals surface area contributed by atoms with Crippen molar-refractivity contribution in [1.82, 2.24) is 9.21 Å².